The lowest BCUT2D eigenvalue weighted by Gasteiger charge is -2.14. The van der Waals surface area contributed by atoms with E-state index in [0.717, 1.165) is 6.42 Å². The fraction of sp³-hybridized carbons (Fsp3) is 0.222. The van der Waals surface area contributed by atoms with Crippen LogP contribution in [0.1, 0.15) is 41.0 Å². The topological polar surface area (TPSA) is 58.2 Å². The second-order valence-electron chi connectivity index (χ2n) is 5.15. The standard InChI is InChI=1S/C18H20N2O2/c1-3-13(2)19-18(22)15-11-7-8-12-16(15)20-17(21)14-9-5-4-6-10-14/h4-13H,3H2,1-2H3,(H,19,22)(H,20,21). The van der Waals surface area contributed by atoms with Crippen molar-refractivity contribution in [1.29, 1.82) is 0 Å². The van der Waals surface area contributed by atoms with Crippen LogP contribution in [0.5, 0.6) is 0 Å². The van der Waals surface area contributed by atoms with E-state index in [1.165, 1.54) is 0 Å². The van der Waals surface area contributed by atoms with Gasteiger partial charge in [0.15, 0.2) is 0 Å². The summed E-state index contributed by atoms with van der Waals surface area (Å²) in [7, 11) is 0. The Balaban J connectivity index is 2.18. The van der Waals surface area contributed by atoms with Crippen LogP contribution in [0.2, 0.25) is 0 Å². The minimum absolute atomic E-state index is 0.0883. The molecule has 0 bridgehead atoms. The predicted molar refractivity (Wildman–Crippen MR) is 88.1 cm³/mol. The summed E-state index contributed by atoms with van der Waals surface area (Å²) in [6.07, 6.45) is 0.851. The minimum atomic E-state index is -0.232. The SMILES string of the molecule is CCC(C)NC(=O)c1ccccc1NC(=O)c1ccccc1. The molecule has 2 aromatic rings. The van der Waals surface area contributed by atoms with Crippen LogP contribution in [0, 0.1) is 0 Å². The lowest BCUT2D eigenvalue weighted by molar-refractivity contribution is 0.0940. The average molecular weight is 296 g/mol. The van der Waals surface area contributed by atoms with Gasteiger partial charge in [-0.05, 0) is 37.6 Å². The van der Waals surface area contributed by atoms with Gasteiger partial charge >= 0.3 is 0 Å². The van der Waals surface area contributed by atoms with Gasteiger partial charge in [0.25, 0.3) is 11.8 Å². The molecule has 2 rings (SSSR count). The molecule has 0 aromatic heterocycles. The Labute approximate surface area is 130 Å². The van der Waals surface area contributed by atoms with Crippen LogP contribution >= 0.6 is 0 Å². The van der Waals surface area contributed by atoms with Crippen LogP contribution < -0.4 is 10.6 Å². The maximum atomic E-state index is 12.3. The van der Waals surface area contributed by atoms with E-state index in [-0.39, 0.29) is 17.9 Å². The summed E-state index contributed by atoms with van der Waals surface area (Å²) < 4.78 is 0. The molecule has 114 valence electrons. The predicted octanol–water partition coefficient (Wildman–Crippen LogP) is 3.47. The van der Waals surface area contributed by atoms with Crippen molar-refractivity contribution < 1.29 is 9.59 Å². The molecule has 0 radical (unpaired) electrons. The van der Waals surface area contributed by atoms with Crippen molar-refractivity contribution in [3.05, 3.63) is 65.7 Å². The van der Waals surface area contributed by atoms with E-state index >= 15 is 0 Å². The van der Waals surface area contributed by atoms with Crippen molar-refractivity contribution in [2.75, 3.05) is 5.32 Å². The normalized spacial score (nSPS) is 11.5. The van der Waals surface area contributed by atoms with Gasteiger partial charge in [0.1, 0.15) is 0 Å². The molecule has 2 aromatic carbocycles. The molecular formula is C18H20N2O2. The first kappa shape index (κ1) is 15.8. The Hall–Kier alpha value is -2.62. The van der Waals surface area contributed by atoms with Crippen molar-refractivity contribution in [3.63, 3.8) is 0 Å². The minimum Gasteiger partial charge on any atom is -0.350 e. The van der Waals surface area contributed by atoms with E-state index in [1.807, 2.05) is 19.9 Å². The molecule has 0 fully saturated rings. The third-order valence-electron chi connectivity index (χ3n) is 3.45. The number of amides is 2. The fourth-order valence-corrected chi connectivity index (χ4v) is 1.98. The molecule has 4 heteroatoms. The monoisotopic (exact) mass is 296 g/mol. The van der Waals surface area contributed by atoms with Crippen LogP contribution in [0.15, 0.2) is 54.6 Å². The number of hydrogen-bond donors (Lipinski definition) is 2. The quantitative estimate of drug-likeness (QED) is 0.887. The summed E-state index contributed by atoms with van der Waals surface area (Å²) in [5.74, 6) is -0.414. The van der Waals surface area contributed by atoms with Crippen LogP contribution in [0.25, 0.3) is 0 Å². The average Bonchev–Trinajstić information content (AvgIpc) is 2.55. The molecule has 0 aliphatic heterocycles. The molecule has 0 aliphatic carbocycles. The molecule has 2 amide bonds. The molecule has 2 N–H and O–H groups in total. The van der Waals surface area contributed by atoms with Crippen molar-refractivity contribution in [2.45, 2.75) is 26.3 Å². The third-order valence-corrected chi connectivity index (χ3v) is 3.45. The van der Waals surface area contributed by atoms with Crippen LogP contribution in [-0.2, 0) is 0 Å². The lowest BCUT2D eigenvalue weighted by atomic mass is 10.1. The summed E-state index contributed by atoms with van der Waals surface area (Å²) >= 11 is 0. The first-order chi connectivity index (χ1) is 10.6. The zero-order valence-corrected chi connectivity index (χ0v) is 12.8. The van der Waals surface area contributed by atoms with Crippen LogP contribution in [-0.4, -0.2) is 17.9 Å². The smallest absolute Gasteiger partial charge is 0.255 e. The maximum absolute atomic E-state index is 12.3. The number of para-hydroxylation sites is 1. The molecule has 1 atom stereocenters. The van der Waals surface area contributed by atoms with E-state index in [2.05, 4.69) is 10.6 Å². The number of carbonyl (C=O) groups is 2. The Bertz CT molecular complexity index is 653. The maximum Gasteiger partial charge on any atom is 0.255 e. The van der Waals surface area contributed by atoms with Crippen molar-refractivity contribution in [2.24, 2.45) is 0 Å². The molecule has 4 nitrogen and oxygen atoms in total. The zero-order valence-electron chi connectivity index (χ0n) is 12.8. The van der Waals surface area contributed by atoms with Crippen LogP contribution in [0.4, 0.5) is 5.69 Å². The third kappa shape index (κ3) is 3.95. The van der Waals surface area contributed by atoms with Gasteiger partial charge in [-0.3, -0.25) is 9.59 Å². The highest BCUT2D eigenvalue weighted by atomic mass is 16.2. The van der Waals surface area contributed by atoms with E-state index in [9.17, 15) is 9.59 Å². The summed E-state index contributed by atoms with van der Waals surface area (Å²) in [5.41, 5.74) is 1.53. The summed E-state index contributed by atoms with van der Waals surface area (Å²) in [6, 6.07) is 16.0. The highest BCUT2D eigenvalue weighted by Crippen LogP contribution is 2.16. The van der Waals surface area contributed by atoms with Crippen molar-refractivity contribution in [3.8, 4) is 0 Å². The van der Waals surface area contributed by atoms with E-state index in [4.69, 9.17) is 0 Å². The second kappa shape index (κ2) is 7.41. The molecule has 0 saturated heterocycles. The number of hydrogen-bond acceptors (Lipinski definition) is 2. The number of nitrogens with one attached hydrogen (secondary N) is 2. The molecule has 0 saturated carbocycles. The first-order valence-corrected chi connectivity index (χ1v) is 7.38. The number of benzene rings is 2. The molecule has 1 unspecified atom stereocenters. The van der Waals surface area contributed by atoms with Gasteiger partial charge in [0.05, 0.1) is 11.3 Å². The van der Waals surface area contributed by atoms with Gasteiger partial charge in [-0.15, -0.1) is 0 Å². The van der Waals surface area contributed by atoms with Gasteiger partial charge in [-0.1, -0.05) is 37.3 Å². The second-order valence-corrected chi connectivity index (χ2v) is 5.15. The van der Waals surface area contributed by atoms with Gasteiger partial charge in [0, 0.05) is 11.6 Å². The number of carbonyl (C=O) groups excluding carboxylic acids is 2. The first-order valence-electron chi connectivity index (χ1n) is 7.38. The Morgan fingerprint density at radius 3 is 2.27 bits per heavy atom. The zero-order chi connectivity index (χ0) is 15.9. The molecule has 0 heterocycles. The molecule has 22 heavy (non-hydrogen) atoms. The highest BCUT2D eigenvalue weighted by molar-refractivity contribution is 6.09. The molecule has 0 aliphatic rings. The highest BCUT2D eigenvalue weighted by Gasteiger charge is 2.15. The van der Waals surface area contributed by atoms with Gasteiger partial charge in [0.2, 0.25) is 0 Å². The van der Waals surface area contributed by atoms with Crippen LogP contribution in [0.3, 0.4) is 0 Å². The molecular weight excluding hydrogens is 276 g/mol. The van der Waals surface area contributed by atoms with Gasteiger partial charge < -0.3 is 10.6 Å². The van der Waals surface area contributed by atoms with E-state index in [1.54, 1.807) is 48.5 Å². The van der Waals surface area contributed by atoms with Gasteiger partial charge in [-0.25, -0.2) is 0 Å². The number of anilines is 1. The summed E-state index contributed by atoms with van der Waals surface area (Å²) in [6.45, 7) is 3.96. The Morgan fingerprint density at radius 1 is 0.955 bits per heavy atom. The Morgan fingerprint density at radius 2 is 1.59 bits per heavy atom. The summed E-state index contributed by atoms with van der Waals surface area (Å²) in [4.78, 5) is 24.5. The van der Waals surface area contributed by atoms with Gasteiger partial charge in [-0.2, -0.15) is 0 Å². The lowest BCUT2D eigenvalue weighted by Crippen LogP contribution is -2.32. The fourth-order valence-electron chi connectivity index (χ4n) is 1.98. The largest absolute Gasteiger partial charge is 0.350 e. The van der Waals surface area contributed by atoms with Crippen molar-refractivity contribution in [1.82, 2.24) is 5.32 Å². The molecule has 0 spiro atoms. The number of rotatable bonds is 5. The van der Waals surface area contributed by atoms with E-state index in [0.29, 0.717) is 16.8 Å². The van der Waals surface area contributed by atoms with E-state index < -0.39 is 0 Å². The summed E-state index contributed by atoms with van der Waals surface area (Å²) in [5, 5.41) is 5.71. The van der Waals surface area contributed by atoms with Crippen molar-refractivity contribution >= 4 is 17.5 Å². The Kier molecular flexibility index (Phi) is 5.31.